The molecule has 0 aliphatic carbocycles. The van der Waals surface area contributed by atoms with Crippen molar-refractivity contribution in [2.24, 2.45) is 0 Å². The van der Waals surface area contributed by atoms with Crippen LogP contribution < -0.4 is 9.62 Å². The predicted molar refractivity (Wildman–Crippen MR) is 174 cm³/mol. The van der Waals surface area contributed by atoms with Gasteiger partial charge in [0.05, 0.1) is 11.9 Å². The van der Waals surface area contributed by atoms with Gasteiger partial charge in [-0.3, -0.25) is 13.9 Å². The Morgan fingerprint density at radius 2 is 1.55 bits per heavy atom. The highest BCUT2D eigenvalue weighted by molar-refractivity contribution is 9.10. The zero-order valence-electron chi connectivity index (χ0n) is 25.4. The molecule has 3 rings (SSSR count). The maximum Gasteiger partial charge on any atom is 0.243 e. The molecule has 3 aromatic carbocycles. The van der Waals surface area contributed by atoms with Gasteiger partial charge in [0.2, 0.25) is 21.8 Å². The van der Waals surface area contributed by atoms with Gasteiger partial charge in [-0.1, -0.05) is 64.5 Å². The number of halogens is 1. The minimum atomic E-state index is -3.57. The maximum absolute atomic E-state index is 14.0. The number of anilines is 1. The number of hydrogen-bond donors (Lipinski definition) is 1. The minimum absolute atomic E-state index is 0.0848. The summed E-state index contributed by atoms with van der Waals surface area (Å²) < 4.78 is 27.7. The fraction of sp³-hybridized carbons (Fsp3) is 0.394. The number of carbonyl (C=O) groups excluding carboxylic acids is 2. The van der Waals surface area contributed by atoms with E-state index in [2.05, 4.69) is 21.2 Å². The highest BCUT2D eigenvalue weighted by Crippen LogP contribution is 2.23. The Kier molecular flexibility index (Phi) is 11.4. The molecule has 1 N–H and O–H groups in total. The molecule has 7 nitrogen and oxygen atoms in total. The smallest absolute Gasteiger partial charge is 0.243 e. The number of amides is 2. The standard InChI is InChI=1S/C33H42BrN3O4S/c1-24-14-19-29(21-25(24)2)37(42(6,40)41)20-10-13-31(38)36(23-27-15-17-28(34)18-16-27)30(32(39)35-33(3,4)5)22-26-11-8-7-9-12-26/h7-9,11-12,14-19,21,30H,10,13,20,22-23H2,1-6H3,(H,35,39)/t30-/m0/s1. The number of nitrogens with zero attached hydrogens (tertiary/aromatic N) is 2. The molecule has 0 aliphatic rings. The normalized spacial score (nSPS) is 12.5. The molecule has 0 aromatic heterocycles. The Morgan fingerprint density at radius 1 is 0.905 bits per heavy atom. The molecule has 42 heavy (non-hydrogen) atoms. The molecule has 226 valence electrons. The largest absolute Gasteiger partial charge is 0.350 e. The number of carbonyl (C=O) groups is 2. The Bertz CT molecular complexity index is 1470. The van der Waals surface area contributed by atoms with Crippen LogP contribution in [-0.4, -0.2) is 49.5 Å². The van der Waals surface area contributed by atoms with Gasteiger partial charge in [-0.15, -0.1) is 0 Å². The van der Waals surface area contributed by atoms with Crippen molar-refractivity contribution in [2.45, 2.75) is 72.0 Å². The number of rotatable bonds is 12. The molecule has 0 bridgehead atoms. The topological polar surface area (TPSA) is 86.8 Å². The Hall–Kier alpha value is -3.17. The van der Waals surface area contributed by atoms with E-state index in [0.717, 1.165) is 26.7 Å². The summed E-state index contributed by atoms with van der Waals surface area (Å²) in [6, 6.07) is 22.1. The Morgan fingerprint density at radius 3 is 2.12 bits per heavy atom. The first kappa shape index (κ1) is 33.3. The summed E-state index contributed by atoms with van der Waals surface area (Å²) in [7, 11) is -3.57. The number of hydrogen-bond acceptors (Lipinski definition) is 4. The van der Waals surface area contributed by atoms with Gasteiger partial charge in [-0.05, 0) is 87.6 Å². The minimum Gasteiger partial charge on any atom is -0.350 e. The van der Waals surface area contributed by atoms with Crippen LogP contribution in [0.1, 0.15) is 55.9 Å². The third-order valence-corrected chi connectivity index (χ3v) is 8.69. The van der Waals surface area contributed by atoms with Crippen molar-refractivity contribution >= 4 is 43.5 Å². The lowest BCUT2D eigenvalue weighted by atomic mass is 10.00. The second-order valence-corrected chi connectivity index (χ2v) is 14.6. The Labute approximate surface area is 259 Å². The van der Waals surface area contributed by atoms with E-state index in [9.17, 15) is 18.0 Å². The second kappa shape index (κ2) is 14.3. The zero-order chi connectivity index (χ0) is 31.1. The van der Waals surface area contributed by atoms with Gasteiger partial charge in [0, 0.05) is 35.9 Å². The SMILES string of the molecule is Cc1ccc(N(CCCC(=O)N(Cc2ccc(Br)cc2)[C@@H](Cc2ccccc2)C(=O)NC(C)(C)C)S(C)(=O)=O)cc1C. The van der Waals surface area contributed by atoms with E-state index in [-0.39, 0.29) is 31.3 Å². The zero-order valence-corrected chi connectivity index (χ0v) is 27.8. The number of nitrogens with one attached hydrogen (secondary N) is 1. The third kappa shape index (κ3) is 9.98. The van der Waals surface area contributed by atoms with E-state index in [1.54, 1.807) is 11.0 Å². The van der Waals surface area contributed by atoms with E-state index in [0.29, 0.717) is 18.5 Å². The molecule has 2 amide bonds. The van der Waals surface area contributed by atoms with E-state index < -0.39 is 21.6 Å². The lowest BCUT2D eigenvalue weighted by Crippen LogP contribution is -2.54. The summed E-state index contributed by atoms with van der Waals surface area (Å²) in [5.74, 6) is -0.443. The second-order valence-electron chi connectivity index (χ2n) is 11.8. The van der Waals surface area contributed by atoms with Crippen LogP contribution in [0, 0.1) is 13.8 Å². The molecule has 0 heterocycles. The molecule has 0 saturated heterocycles. The van der Waals surface area contributed by atoms with E-state index >= 15 is 0 Å². The fourth-order valence-electron chi connectivity index (χ4n) is 4.68. The summed E-state index contributed by atoms with van der Waals surface area (Å²) in [6.07, 6.45) is 1.91. The maximum atomic E-state index is 14.0. The van der Waals surface area contributed by atoms with E-state index in [4.69, 9.17) is 0 Å². The molecule has 9 heteroatoms. The first-order valence-corrected chi connectivity index (χ1v) is 16.7. The molecule has 0 radical (unpaired) electrons. The number of sulfonamides is 1. The van der Waals surface area contributed by atoms with Crippen molar-refractivity contribution < 1.29 is 18.0 Å². The van der Waals surface area contributed by atoms with Crippen LogP contribution in [0.4, 0.5) is 5.69 Å². The van der Waals surface area contributed by atoms with Crippen LogP contribution in [0.3, 0.4) is 0 Å². The molecular weight excluding hydrogens is 614 g/mol. The molecule has 0 saturated carbocycles. The fourth-order valence-corrected chi connectivity index (χ4v) is 5.90. The van der Waals surface area contributed by atoms with Crippen LogP contribution in [-0.2, 0) is 32.6 Å². The molecule has 0 aliphatic heterocycles. The predicted octanol–water partition coefficient (Wildman–Crippen LogP) is 6.17. The molecule has 0 spiro atoms. The monoisotopic (exact) mass is 655 g/mol. The van der Waals surface area contributed by atoms with Crippen molar-refractivity contribution in [1.82, 2.24) is 10.2 Å². The van der Waals surface area contributed by atoms with Crippen molar-refractivity contribution in [2.75, 3.05) is 17.1 Å². The Balaban J connectivity index is 1.90. The van der Waals surface area contributed by atoms with E-state index in [1.807, 2.05) is 101 Å². The summed E-state index contributed by atoms with van der Waals surface area (Å²) in [5.41, 5.74) is 3.99. The lowest BCUT2D eigenvalue weighted by molar-refractivity contribution is -0.142. The molecule has 1 atom stereocenters. The number of aryl methyl sites for hydroxylation is 2. The molecular formula is C33H42BrN3O4S. The lowest BCUT2D eigenvalue weighted by Gasteiger charge is -2.34. The van der Waals surface area contributed by atoms with Crippen molar-refractivity contribution in [1.29, 1.82) is 0 Å². The van der Waals surface area contributed by atoms with Gasteiger partial charge in [-0.2, -0.15) is 0 Å². The summed E-state index contributed by atoms with van der Waals surface area (Å²) >= 11 is 3.46. The van der Waals surface area contributed by atoms with Gasteiger partial charge >= 0.3 is 0 Å². The highest BCUT2D eigenvalue weighted by Gasteiger charge is 2.32. The molecule has 3 aromatic rings. The van der Waals surface area contributed by atoms with Gasteiger partial charge < -0.3 is 10.2 Å². The van der Waals surface area contributed by atoms with Crippen LogP contribution in [0.2, 0.25) is 0 Å². The van der Waals surface area contributed by atoms with Crippen LogP contribution >= 0.6 is 15.9 Å². The average Bonchev–Trinajstić information content (AvgIpc) is 2.90. The van der Waals surface area contributed by atoms with Crippen LogP contribution in [0.5, 0.6) is 0 Å². The van der Waals surface area contributed by atoms with Crippen molar-refractivity contribution in [3.8, 4) is 0 Å². The van der Waals surface area contributed by atoms with Crippen molar-refractivity contribution in [3.63, 3.8) is 0 Å². The number of benzene rings is 3. The first-order chi connectivity index (χ1) is 19.6. The van der Waals surface area contributed by atoms with Crippen molar-refractivity contribution in [3.05, 3.63) is 99.5 Å². The first-order valence-electron chi connectivity index (χ1n) is 14.1. The highest BCUT2D eigenvalue weighted by atomic mass is 79.9. The van der Waals surface area contributed by atoms with Gasteiger partial charge in [0.1, 0.15) is 6.04 Å². The summed E-state index contributed by atoms with van der Waals surface area (Å²) in [5, 5.41) is 3.07. The van der Waals surface area contributed by atoms with E-state index in [1.165, 1.54) is 10.6 Å². The quantitative estimate of drug-likeness (QED) is 0.253. The molecule has 0 fully saturated rings. The average molecular weight is 657 g/mol. The molecule has 0 unspecified atom stereocenters. The summed E-state index contributed by atoms with van der Waals surface area (Å²) in [4.78, 5) is 29.3. The van der Waals surface area contributed by atoms with Gasteiger partial charge in [0.25, 0.3) is 0 Å². The van der Waals surface area contributed by atoms with Gasteiger partial charge in [0.15, 0.2) is 0 Å². The third-order valence-electron chi connectivity index (χ3n) is 6.97. The summed E-state index contributed by atoms with van der Waals surface area (Å²) in [6.45, 7) is 10.1. The van der Waals surface area contributed by atoms with Crippen LogP contribution in [0.25, 0.3) is 0 Å². The van der Waals surface area contributed by atoms with Crippen LogP contribution in [0.15, 0.2) is 77.3 Å². The van der Waals surface area contributed by atoms with Gasteiger partial charge in [-0.25, -0.2) is 8.42 Å².